The van der Waals surface area contributed by atoms with Gasteiger partial charge in [-0.25, -0.2) is 4.39 Å². The van der Waals surface area contributed by atoms with Crippen LogP contribution < -0.4 is 10.1 Å². The average Bonchev–Trinajstić information content (AvgIpc) is 2.64. The van der Waals surface area contributed by atoms with Gasteiger partial charge in [0.1, 0.15) is 17.6 Å². The van der Waals surface area contributed by atoms with E-state index in [1.807, 2.05) is 20.8 Å². The monoisotopic (exact) mass is 498 g/mol. The van der Waals surface area contributed by atoms with Crippen LogP contribution in [0.1, 0.15) is 33.3 Å². The molecule has 5 nitrogen and oxygen atoms in total. The second-order valence-electron chi connectivity index (χ2n) is 7.89. The predicted molar refractivity (Wildman–Crippen MR) is 119 cm³/mol. The summed E-state index contributed by atoms with van der Waals surface area (Å²) in [4.78, 5) is 27.0. The lowest BCUT2D eigenvalue weighted by Gasteiger charge is -2.31. The van der Waals surface area contributed by atoms with E-state index >= 15 is 0 Å². The van der Waals surface area contributed by atoms with Gasteiger partial charge in [-0.2, -0.15) is 0 Å². The van der Waals surface area contributed by atoms with Gasteiger partial charge >= 0.3 is 0 Å². The molecule has 0 aromatic heterocycles. The van der Waals surface area contributed by atoms with Crippen LogP contribution in [-0.4, -0.2) is 34.9 Å². The van der Waals surface area contributed by atoms with Gasteiger partial charge in [-0.3, -0.25) is 9.59 Å². The maximum atomic E-state index is 14.2. The number of halogens is 3. The lowest BCUT2D eigenvalue weighted by Crippen LogP contribution is -2.53. The van der Waals surface area contributed by atoms with Crippen molar-refractivity contribution in [1.82, 2.24) is 10.2 Å². The molecule has 2 aromatic rings. The van der Waals surface area contributed by atoms with Crippen LogP contribution in [0, 0.1) is 5.82 Å². The first-order chi connectivity index (χ1) is 14.0. The highest BCUT2D eigenvalue weighted by Crippen LogP contribution is 2.28. The number of carbonyl (C=O) groups excluding carboxylic acids is 2. The number of nitrogens with one attached hydrogen (secondary N) is 1. The summed E-state index contributed by atoms with van der Waals surface area (Å²) in [5, 5.41) is 3.38. The molecule has 0 fully saturated rings. The molecule has 0 saturated carbocycles. The fourth-order valence-corrected chi connectivity index (χ4v) is 3.48. The molecule has 0 unspecified atom stereocenters. The minimum Gasteiger partial charge on any atom is -0.483 e. The Bertz CT molecular complexity index is 917. The van der Waals surface area contributed by atoms with Crippen LogP contribution in [0.2, 0.25) is 5.02 Å². The molecule has 1 atom stereocenters. The molecular weight excluding hydrogens is 475 g/mol. The second kappa shape index (κ2) is 10.3. The number of carbonyl (C=O) groups is 2. The molecule has 30 heavy (non-hydrogen) atoms. The van der Waals surface area contributed by atoms with Gasteiger partial charge in [0.05, 0.1) is 4.47 Å². The molecule has 0 aliphatic carbocycles. The zero-order valence-corrected chi connectivity index (χ0v) is 19.7. The molecule has 2 rings (SSSR count). The standard InChI is InChI=1S/C22H25BrClFN2O3/c1-14(21(29)26-22(2,3)4)27(12-15-7-5-6-8-18(15)25)20(28)13-30-19-10-9-16(24)11-17(19)23/h5-11,14H,12-13H2,1-4H3,(H,26,29)/t14-/m1/s1. The van der Waals surface area contributed by atoms with Crippen LogP contribution in [0.3, 0.4) is 0 Å². The lowest BCUT2D eigenvalue weighted by molar-refractivity contribution is -0.142. The first kappa shape index (κ1) is 24.2. The fourth-order valence-electron chi connectivity index (χ4n) is 2.68. The molecule has 0 spiro atoms. The van der Waals surface area contributed by atoms with Crippen molar-refractivity contribution in [2.75, 3.05) is 6.61 Å². The SMILES string of the molecule is C[C@H](C(=O)NC(C)(C)C)N(Cc1ccccc1F)C(=O)COc1ccc(Cl)cc1Br. The van der Waals surface area contributed by atoms with Crippen molar-refractivity contribution in [3.8, 4) is 5.75 Å². The van der Waals surface area contributed by atoms with E-state index < -0.39 is 23.3 Å². The Kier molecular flexibility index (Phi) is 8.26. The Morgan fingerprint density at radius 2 is 1.90 bits per heavy atom. The highest BCUT2D eigenvalue weighted by molar-refractivity contribution is 9.10. The van der Waals surface area contributed by atoms with Crippen molar-refractivity contribution in [3.63, 3.8) is 0 Å². The van der Waals surface area contributed by atoms with E-state index in [0.29, 0.717) is 20.8 Å². The van der Waals surface area contributed by atoms with E-state index in [0.717, 1.165) is 0 Å². The summed E-state index contributed by atoms with van der Waals surface area (Å²) in [5.74, 6) is -0.790. The van der Waals surface area contributed by atoms with Crippen molar-refractivity contribution < 1.29 is 18.7 Å². The molecule has 0 aliphatic heterocycles. The van der Waals surface area contributed by atoms with Crippen molar-refractivity contribution in [1.29, 1.82) is 0 Å². The van der Waals surface area contributed by atoms with Crippen molar-refractivity contribution >= 4 is 39.3 Å². The summed E-state index contributed by atoms with van der Waals surface area (Å²) in [6.45, 7) is 6.78. The molecule has 162 valence electrons. The topological polar surface area (TPSA) is 58.6 Å². The third kappa shape index (κ3) is 6.99. The summed E-state index contributed by atoms with van der Waals surface area (Å²) in [7, 11) is 0. The molecule has 2 aromatic carbocycles. The third-order valence-electron chi connectivity index (χ3n) is 4.21. The van der Waals surface area contributed by atoms with Crippen molar-refractivity contribution in [2.24, 2.45) is 0 Å². The van der Waals surface area contributed by atoms with Gasteiger partial charge in [0.25, 0.3) is 5.91 Å². The molecule has 0 aliphatic rings. The Labute approximate surface area is 189 Å². The molecule has 8 heteroatoms. The van der Waals surface area contributed by atoms with Gasteiger partial charge in [-0.1, -0.05) is 29.8 Å². The summed E-state index contributed by atoms with van der Waals surface area (Å²) < 4.78 is 20.4. The summed E-state index contributed by atoms with van der Waals surface area (Å²) in [6.07, 6.45) is 0. The van der Waals surface area contributed by atoms with Crippen LogP contribution in [0.15, 0.2) is 46.9 Å². The maximum Gasteiger partial charge on any atom is 0.261 e. The van der Waals surface area contributed by atoms with Gasteiger partial charge in [0.2, 0.25) is 5.91 Å². The van der Waals surface area contributed by atoms with Gasteiger partial charge in [-0.05, 0) is 67.9 Å². The van der Waals surface area contributed by atoms with E-state index in [-0.39, 0.29) is 19.1 Å². The lowest BCUT2D eigenvalue weighted by atomic mass is 10.1. The second-order valence-corrected chi connectivity index (χ2v) is 9.18. The quantitative estimate of drug-likeness (QED) is 0.586. The number of nitrogens with zero attached hydrogens (tertiary/aromatic N) is 1. The van der Waals surface area contributed by atoms with Gasteiger partial charge in [-0.15, -0.1) is 0 Å². The Balaban J connectivity index is 2.21. The molecule has 0 radical (unpaired) electrons. The number of rotatable bonds is 7. The average molecular weight is 500 g/mol. The zero-order chi connectivity index (χ0) is 22.5. The first-order valence-corrected chi connectivity index (χ1v) is 10.6. The number of ether oxygens (including phenoxy) is 1. The highest BCUT2D eigenvalue weighted by atomic mass is 79.9. The minimum atomic E-state index is -0.825. The molecular formula is C22H25BrClFN2O3. The minimum absolute atomic E-state index is 0.0601. The van der Waals surface area contributed by atoms with Gasteiger partial charge in [0.15, 0.2) is 6.61 Å². The van der Waals surface area contributed by atoms with E-state index in [9.17, 15) is 14.0 Å². The van der Waals surface area contributed by atoms with Crippen LogP contribution in [0.4, 0.5) is 4.39 Å². The molecule has 0 heterocycles. The van der Waals surface area contributed by atoms with E-state index in [2.05, 4.69) is 21.2 Å². The van der Waals surface area contributed by atoms with Crippen LogP contribution in [0.25, 0.3) is 0 Å². The first-order valence-electron chi connectivity index (χ1n) is 9.40. The fraction of sp³-hybridized carbons (Fsp3) is 0.364. The largest absolute Gasteiger partial charge is 0.483 e. The summed E-state index contributed by atoms with van der Waals surface area (Å²) >= 11 is 9.26. The smallest absolute Gasteiger partial charge is 0.261 e. The molecule has 0 saturated heterocycles. The van der Waals surface area contributed by atoms with E-state index in [1.165, 1.54) is 11.0 Å². The molecule has 2 amide bonds. The summed E-state index contributed by atoms with van der Waals surface area (Å²) in [6, 6.07) is 10.3. The Hall–Kier alpha value is -2.12. The third-order valence-corrected chi connectivity index (χ3v) is 5.06. The van der Waals surface area contributed by atoms with Crippen LogP contribution >= 0.6 is 27.5 Å². The number of hydrogen-bond acceptors (Lipinski definition) is 3. The Morgan fingerprint density at radius 3 is 2.50 bits per heavy atom. The number of benzene rings is 2. The van der Waals surface area contributed by atoms with Gasteiger partial charge < -0.3 is 15.0 Å². The number of hydrogen-bond donors (Lipinski definition) is 1. The van der Waals surface area contributed by atoms with Gasteiger partial charge in [0, 0.05) is 22.7 Å². The predicted octanol–water partition coefficient (Wildman–Crippen LogP) is 4.95. The highest BCUT2D eigenvalue weighted by Gasteiger charge is 2.29. The molecule has 0 bridgehead atoms. The van der Waals surface area contributed by atoms with E-state index in [4.69, 9.17) is 16.3 Å². The summed E-state index contributed by atoms with van der Waals surface area (Å²) in [5.41, 5.74) is -0.156. The van der Waals surface area contributed by atoms with Crippen molar-refractivity contribution in [2.45, 2.75) is 45.8 Å². The zero-order valence-electron chi connectivity index (χ0n) is 17.3. The Morgan fingerprint density at radius 1 is 1.23 bits per heavy atom. The molecule has 1 N–H and O–H groups in total. The van der Waals surface area contributed by atoms with Crippen LogP contribution in [-0.2, 0) is 16.1 Å². The van der Waals surface area contributed by atoms with Crippen molar-refractivity contribution in [3.05, 3.63) is 63.3 Å². The van der Waals surface area contributed by atoms with E-state index in [1.54, 1.807) is 43.3 Å². The maximum absolute atomic E-state index is 14.2. The number of amides is 2. The normalized spacial score (nSPS) is 12.2. The van der Waals surface area contributed by atoms with Crippen LogP contribution in [0.5, 0.6) is 5.75 Å².